The lowest BCUT2D eigenvalue weighted by molar-refractivity contribution is 0.475. The monoisotopic (exact) mass is 255 g/mol. The minimum Gasteiger partial charge on any atom is -0.508 e. The van der Waals surface area contributed by atoms with E-state index in [0.717, 1.165) is 24.1 Å². The molecule has 2 N–H and O–H groups in total. The van der Waals surface area contributed by atoms with Crippen LogP contribution in [0.25, 0.3) is 0 Å². The van der Waals surface area contributed by atoms with Crippen LogP contribution in [-0.2, 0) is 6.42 Å². The van der Waals surface area contributed by atoms with Crippen molar-refractivity contribution in [1.29, 1.82) is 0 Å². The number of phenolic OH excluding ortho intramolecular Hbond substituents is 1. The zero-order chi connectivity index (χ0) is 13.7. The summed E-state index contributed by atoms with van der Waals surface area (Å²) in [5.41, 5.74) is 3.54. The quantitative estimate of drug-likeness (QED) is 0.787. The molecule has 19 heavy (non-hydrogen) atoms. The van der Waals surface area contributed by atoms with Gasteiger partial charge in [-0.25, -0.2) is 0 Å². The molecule has 0 aromatic heterocycles. The molecule has 0 saturated carbocycles. The molecule has 2 aromatic carbocycles. The average molecular weight is 255 g/mol. The smallest absolute Gasteiger partial charge is 0.115 e. The largest absolute Gasteiger partial charge is 0.508 e. The van der Waals surface area contributed by atoms with E-state index in [0.29, 0.717) is 11.8 Å². The summed E-state index contributed by atoms with van der Waals surface area (Å²) in [6, 6.07) is 16.4. The van der Waals surface area contributed by atoms with E-state index < -0.39 is 0 Å². The maximum Gasteiger partial charge on any atom is 0.115 e. The van der Waals surface area contributed by atoms with E-state index in [4.69, 9.17) is 0 Å². The minimum atomic E-state index is 0.319. The normalized spacial score (nSPS) is 12.1. The fraction of sp³-hybridized carbons (Fsp3) is 0.294. The third kappa shape index (κ3) is 4.02. The molecule has 0 saturated heterocycles. The van der Waals surface area contributed by atoms with Crippen LogP contribution in [0, 0.1) is 6.92 Å². The fourth-order valence-electron chi connectivity index (χ4n) is 2.18. The Morgan fingerprint density at radius 3 is 2.53 bits per heavy atom. The first-order valence-corrected chi connectivity index (χ1v) is 6.75. The molecule has 1 atom stereocenters. The summed E-state index contributed by atoms with van der Waals surface area (Å²) in [5.74, 6) is 0.319. The standard InChI is InChI=1S/C17H21NO/c1-13-12-16(19)10-11-17(13)18-14(2)8-9-15-6-4-3-5-7-15/h3-7,10-12,14,18-19H,8-9H2,1-2H3. The number of phenols is 1. The summed E-state index contributed by atoms with van der Waals surface area (Å²) in [6.45, 7) is 4.20. The molecule has 0 radical (unpaired) electrons. The van der Waals surface area contributed by atoms with E-state index in [1.165, 1.54) is 5.56 Å². The molecule has 0 bridgehead atoms. The van der Waals surface area contributed by atoms with Crippen molar-refractivity contribution in [1.82, 2.24) is 0 Å². The number of nitrogens with one attached hydrogen (secondary N) is 1. The molecule has 0 spiro atoms. The maximum absolute atomic E-state index is 9.40. The van der Waals surface area contributed by atoms with Crippen molar-refractivity contribution < 1.29 is 5.11 Å². The Hall–Kier alpha value is -1.96. The Morgan fingerprint density at radius 1 is 1.11 bits per heavy atom. The van der Waals surface area contributed by atoms with Crippen molar-refractivity contribution in [3.8, 4) is 5.75 Å². The molecule has 0 amide bonds. The Labute approximate surface area is 115 Å². The first-order chi connectivity index (χ1) is 9.15. The van der Waals surface area contributed by atoms with Gasteiger partial charge in [0, 0.05) is 11.7 Å². The van der Waals surface area contributed by atoms with Gasteiger partial charge in [-0.3, -0.25) is 0 Å². The lowest BCUT2D eigenvalue weighted by atomic mass is 10.1. The van der Waals surface area contributed by atoms with E-state index in [9.17, 15) is 5.11 Å². The summed E-state index contributed by atoms with van der Waals surface area (Å²) in [5, 5.41) is 12.9. The summed E-state index contributed by atoms with van der Waals surface area (Å²) in [4.78, 5) is 0. The van der Waals surface area contributed by atoms with Crippen molar-refractivity contribution in [3.63, 3.8) is 0 Å². The lowest BCUT2D eigenvalue weighted by Crippen LogP contribution is -2.16. The highest BCUT2D eigenvalue weighted by atomic mass is 16.3. The number of aromatic hydroxyl groups is 1. The first kappa shape index (κ1) is 13.5. The predicted octanol–water partition coefficient (Wildman–Crippen LogP) is 4.13. The van der Waals surface area contributed by atoms with Gasteiger partial charge in [-0.1, -0.05) is 30.3 Å². The summed E-state index contributed by atoms with van der Waals surface area (Å²) >= 11 is 0. The van der Waals surface area contributed by atoms with Gasteiger partial charge in [-0.15, -0.1) is 0 Å². The Kier molecular flexibility index (Phi) is 4.45. The Balaban J connectivity index is 1.89. The molecule has 2 nitrogen and oxygen atoms in total. The van der Waals surface area contributed by atoms with Crippen molar-refractivity contribution in [2.45, 2.75) is 32.7 Å². The van der Waals surface area contributed by atoms with Gasteiger partial charge in [-0.2, -0.15) is 0 Å². The van der Waals surface area contributed by atoms with Crippen LogP contribution < -0.4 is 5.32 Å². The average Bonchev–Trinajstić information content (AvgIpc) is 2.41. The van der Waals surface area contributed by atoms with Crippen molar-refractivity contribution in [2.24, 2.45) is 0 Å². The Morgan fingerprint density at radius 2 is 1.84 bits per heavy atom. The second kappa shape index (κ2) is 6.28. The van der Waals surface area contributed by atoms with Gasteiger partial charge in [0.25, 0.3) is 0 Å². The van der Waals surface area contributed by atoms with Crippen LogP contribution in [-0.4, -0.2) is 11.1 Å². The molecule has 2 heteroatoms. The number of rotatable bonds is 5. The third-order valence-corrected chi connectivity index (χ3v) is 3.32. The topological polar surface area (TPSA) is 32.3 Å². The molecule has 0 fully saturated rings. The molecule has 0 heterocycles. The zero-order valence-electron chi connectivity index (χ0n) is 11.6. The van der Waals surface area contributed by atoms with Crippen molar-refractivity contribution in [3.05, 3.63) is 59.7 Å². The van der Waals surface area contributed by atoms with Crippen LogP contribution in [0.2, 0.25) is 0 Å². The number of aryl methyl sites for hydroxylation is 2. The van der Waals surface area contributed by atoms with Gasteiger partial charge < -0.3 is 10.4 Å². The molecular weight excluding hydrogens is 234 g/mol. The van der Waals surface area contributed by atoms with Crippen LogP contribution in [0.15, 0.2) is 48.5 Å². The molecule has 0 aliphatic carbocycles. The maximum atomic E-state index is 9.40. The summed E-state index contributed by atoms with van der Waals surface area (Å²) < 4.78 is 0. The van der Waals surface area contributed by atoms with Gasteiger partial charge >= 0.3 is 0 Å². The van der Waals surface area contributed by atoms with Crippen LogP contribution in [0.3, 0.4) is 0 Å². The van der Waals surface area contributed by atoms with Crippen LogP contribution in [0.5, 0.6) is 5.75 Å². The number of hydrogen-bond donors (Lipinski definition) is 2. The summed E-state index contributed by atoms with van der Waals surface area (Å²) in [7, 11) is 0. The molecular formula is C17H21NO. The highest BCUT2D eigenvalue weighted by Crippen LogP contribution is 2.21. The van der Waals surface area contributed by atoms with Gasteiger partial charge in [0.15, 0.2) is 0 Å². The number of benzene rings is 2. The van der Waals surface area contributed by atoms with E-state index >= 15 is 0 Å². The molecule has 2 aromatic rings. The van der Waals surface area contributed by atoms with Crippen molar-refractivity contribution >= 4 is 5.69 Å². The number of anilines is 1. The highest BCUT2D eigenvalue weighted by Gasteiger charge is 2.05. The minimum absolute atomic E-state index is 0.319. The fourth-order valence-corrected chi connectivity index (χ4v) is 2.18. The molecule has 100 valence electrons. The molecule has 1 unspecified atom stereocenters. The third-order valence-electron chi connectivity index (χ3n) is 3.32. The van der Waals surface area contributed by atoms with E-state index in [-0.39, 0.29) is 0 Å². The van der Waals surface area contributed by atoms with E-state index in [1.54, 1.807) is 12.1 Å². The van der Waals surface area contributed by atoms with Gasteiger partial charge in [0.2, 0.25) is 0 Å². The van der Waals surface area contributed by atoms with Crippen molar-refractivity contribution in [2.75, 3.05) is 5.32 Å². The molecule has 0 aliphatic heterocycles. The highest BCUT2D eigenvalue weighted by molar-refractivity contribution is 5.53. The molecule has 0 aliphatic rings. The van der Waals surface area contributed by atoms with Gasteiger partial charge in [-0.05, 0) is 56.0 Å². The second-order valence-corrected chi connectivity index (χ2v) is 5.07. The van der Waals surface area contributed by atoms with E-state index in [1.807, 2.05) is 19.1 Å². The first-order valence-electron chi connectivity index (χ1n) is 6.75. The van der Waals surface area contributed by atoms with Gasteiger partial charge in [0.05, 0.1) is 0 Å². The second-order valence-electron chi connectivity index (χ2n) is 5.07. The summed E-state index contributed by atoms with van der Waals surface area (Å²) in [6.07, 6.45) is 2.16. The van der Waals surface area contributed by atoms with Crippen LogP contribution in [0.4, 0.5) is 5.69 Å². The van der Waals surface area contributed by atoms with Gasteiger partial charge in [0.1, 0.15) is 5.75 Å². The molecule has 2 rings (SSSR count). The van der Waals surface area contributed by atoms with Crippen LogP contribution in [0.1, 0.15) is 24.5 Å². The van der Waals surface area contributed by atoms with Crippen LogP contribution >= 0.6 is 0 Å². The lowest BCUT2D eigenvalue weighted by Gasteiger charge is -2.17. The SMILES string of the molecule is Cc1cc(O)ccc1NC(C)CCc1ccccc1. The van der Waals surface area contributed by atoms with E-state index in [2.05, 4.69) is 36.5 Å². The predicted molar refractivity (Wildman–Crippen MR) is 80.7 cm³/mol. The number of hydrogen-bond acceptors (Lipinski definition) is 2. The Bertz CT molecular complexity index is 522. The zero-order valence-corrected chi connectivity index (χ0v) is 11.6.